The van der Waals surface area contributed by atoms with Crippen LogP contribution in [0.15, 0.2) is 0 Å². The summed E-state index contributed by atoms with van der Waals surface area (Å²) in [6.45, 7) is 1.17. The van der Waals surface area contributed by atoms with E-state index in [9.17, 15) is 0 Å². The maximum absolute atomic E-state index is 9.08. The van der Waals surface area contributed by atoms with Crippen LogP contribution in [0.2, 0.25) is 0 Å². The molecule has 2 aliphatic carbocycles. The van der Waals surface area contributed by atoms with Gasteiger partial charge < -0.3 is 5.32 Å². The highest BCUT2D eigenvalue weighted by Crippen LogP contribution is 2.47. The molecule has 13 heavy (non-hydrogen) atoms. The van der Waals surface area contributed by atoms with Gasteiger partial charge in [-0.05, 0) is 38.8 Å². The SMILES string of the molecule is CN(C1C2CNC1C2)C1(C#N)CC1. The molecule has 2 bridgehead atoms. The number of fused-ring (bicyclic) bond motifs is 1. The van der Waals surface area contributed by atoms with E-state index in [1.165, 1.54) is 13.0 Å². The first-order valence-corrected chi connectivity index (χ1v) is 5.14. The van der Waals surface area contributed by atoms with Crippen molar-refractivity contribution in [1.82, 2.24) is 10.2 Å². The number of rotatable bonds is 2. The molecule has 3 unspecified atom stereocenters. The van der Waals surface area contributed by atoms with E-state index in [1.54, 1.807) is 0 Å². The summed E-state index contributed by atoms with van der Waals surface area (Å²) in [5.74, 6) is 0.820. The van der Waals surface area contributed by atoms with E-state index in [-0.39, 0.29) is 5.54 Å². The Bertz CT molecular complexity index is 262. The first-order chi connectivity index (χ1) is 6.27. The molecule has 2 saturated carbocycles. The Morgan fingerprint density at radius 2 is 2.31 bits per heavy atom. The van der Waals surface area contributed by atoms with Gasteiger partial charge in [0.2, 0.25) is 0 Å². The van der Waals surface area contributed by atoms with E-state index in [1.807, 2.05) is 0 Å². The standard InChI is InChI=1S/C10H15N3/c1-13(10(6-11)2-3-10)9-7-4-8(9)12-5-7/h7-9,12H,2-5H2,1H3. The van der Waals surface area contributed by atoms with E-state index in [0.29, 0.717) is 12.1 Å². The zero-order valence-electron chi connectivity index (χ0n) is 7.95. The van der Waals surface area contributed by atoms with E-state index < -0.39 is 0 Å². The van der Waals surface area contributed by atoms with Crippen LogP contribution in [-0.4, -0.2) is 36.1 Å². The van der Waals surface area contributed by atoms with E-state index in [4.69, 9.17) is 5.26 Å². The molecule has 0 aromatic carbocycles. The smallest absolute Gasteiger partial charge is 0.109 e. The van der Waals surface area contributed by atoms with Crippen LogP contribution >= 0.6 is 0 Å². The van der Waals surface area contributed by atoms with Crippen LogP contribution in [0.1, 0.15) is 19.3 Å². The predicted molar refractivity (Wildman–Crippen MR) is 49.0 cm³/mol. The van der Waals surface area contributed by atoms with Crippen LogP contribution in [0.5, 0.6) is 0 Å². The van der Waals surface area contributed by atoms with Gasteiger partial charge in [-0.1, -0.05) is 0 Å². The molecule has 1 N–H and O–H groups in total. The first kappa shape index (κ1) is 7.78. The summed E-state index contributed by atoms with van der Waals surface area (Å²) in [6, 6.07) is 3.80. The molecule has 2 aliphatic heterocycles. The number of nitriles is 1. The summed E-state index contributed by atoms with van der Waals surface area (Å²) in [5.41, 5.74) is -0.0758. The van der Waals surface area contributed by atoms with Crippen LogP contribution < -0.4 is 5.32 Å². The van der Waals surface area contributed by atoms with Crippen molar-refractivity contribution in [2.24, 2.45) is 5.92 Å². The predicted octanol–water partition coefficient (Wildman–Crippen LogP) is 0.335. The van der Waals surface area contributed by atoms with Crippen LogP contribution in [0.3, 0.4) is 0 Å². The van der Waals surface area contributed by atoms with Crippen molar-refractivity contribution in [3.05, 3.63) is 0 Å². The fraction of sp³-hybridized carbons (Fsp3) is 0.900. The fourth-order valence-electron chi connectivity index (χ4n) is 2.98. The Hall–Kier alpha value is -0.590. The summed E-state index contributed by atoms with van der Waals surface area (Å²) in [6.07, 6.45) is 3.49. The van der Waals surface area contributed by atoms with Gasteiger partial charge in [0, 0.05) is 12.1 Å². The monoisotopic (exact) mass is 177 g/mol. The molecule has 4 fully saturated rings. The van der Waals surface area contributed by atoms with Crippen molar-refractivity contribution < 1.29 is 0 Å². The molecule has 70 valence electrons. The molecule has 0 radical (unpaired) electrons. The van der Waals surface area contributed by atoms with E-state index in [0.717, 1.165) is 18.8 Å². The van der Waals surface area contributed by atoms with Gasteiger partial charge in [-0.3, -0.25) is 4.90 Å². The van der Waals surface area contributed by atoms with Crippen molar-refractivity contribution in [2.75, 3.05) is 13.6 Å². The van der Waals surface area contributed by atoms with Gasteiger partial charge >= 0.3 is 0 Å². The minimum atomic E-state index is -0.0758. The normalized spacial score (nSPS) is 44.2. The molecule has 0 spiro atoms. The lowest BCUT2D eigenvalue weighted by Crippen LogP contribution is -2.56. The average molecular weight is 177 g/mol. The van der Waals surface area contributed by atoms with Gasteiger partial charge in [0.15, 0.2) is 0 Å². The highest BCUT2D eigenvalue weighted by atomic mass is 15.3. The zero-order chi connectivity index (χ0) is 9.05. The second kappa shape index (κ2) is 2.26. The molecule has 3 atom stereocenters. The van der Waals surface area contributed by atoms with Crippen LogP contribution in [-0.2, 0) is 0 Å². The molecule has 2 saturated heterocycles. The lowest BCUT2D eigenvalue weighted by Gasteiger charge is -2.43. The fourth-order valence-corrected chi connectivity index (χ4v) is 2.98. The Balaban J connectivity index is 1.77. The number of nitrogens with one attached hydrogen (secondary N) is 1. The van der Waals surface area contributed by atoms with Crippen LogP contribution in [0, 0.1) is 17.2 Å². The third kappa shape index (κ3) is 0.853. The molecule has 2 heterocycles. The van der Waals surface area contributed by atoms with Crippen LogP contribution in [0.4, 0.5) is 0 Å². The minimum Gasteiger partial charge on any atom is -0.312 e. The molecular weight excluding hydrogens is 162 g/mol. The summed E-state index contributed by atoms with van der Waals surface area (Å²) in [5, 5.41) is 12.6. The van der Waals surface area contributed by atoms with Gasteiger partial charge in [-0.25, -0.2) is 0 Å². The van der Waals surface area contributed by atoms with Crippen molar-refractivity contribution in [3.63, 3.8) is 0 Å². The van der Waals surface area contributed by atoms with Gasteiger partial charge in [-0.2, -0.15) is 5.26 Å². The maximum atomic E-state index is 9.08. The molecule has 0 aromatic rings. The maximum Gasteiger partial charge on any atom is 0.109 e. The topological polar surface area (TPSA) is 39.1 Å². The molecule has 4 aliphatic rings. The lowest BCUT2D eigenvalue weighted by molar-refractivity contribution is 0.0775. The van der Waals surface area contributed by atoms with Crippen molar-refractivity contribution in [3.8, 4) is 6.07 Å². The van der Waals surface area contributed by atoms with Crippen LogP contribution in [0.25, 0.3) is 0 Å². The second-order valence-electron chi connectivity index (χ2n) is 4.76. The third-order valence-corrected chi connectivity index (χ3v) is 4.15. The quantitative estimate of drug-likeness (QED) is 0.661. The Labute approximate surface area is 78.7 Å². The van der Waals surface area contributed by atoms with E-state index in [2.05, 4.69) is 23.3 Å². The molecular formula is C10H15N3. The highest BCUT2D eigenvalue weighted by molar-refractivity contribution is 5.23. The Kier molecular flexibility index (Phi) is 1.35. The largest absolute Gasteiger partial charge is 0.312 e. The van der Waals surface area contributed by atoms with Crippen molar-refractivity contribution >= 4 is 0 Å². The van der Waals surface area contributed by atoms with E-state index >= 15 is 0 Å². The number of hydrogen-bond acceptors (Lipinski definition) is 3. The van der Waals surface area contributed by atoms with Gasteiger partial charge in [0.05, 0.1) is 6.07 Å². The lowest BCUT2D eigenvalue weighted by atomic mass is 9.78. The summed E-state index contributed by atoms with van der Waals surface area (Å²) >= 11 is 0. The summed E-state index contributed by atoms with van der Waals surface area (Å²) < 4.78 is 0. The van der Waals surface area contributed by atoms with Gasteiger partial charge in [-0.15, -0.1) is 0 Å². The molecule has 3 heteroatoms. The van der Waals surface area contributed by atoms with Gasteiger partial charge in [0.25, 0.3) is 0 Å². The average Bonchev–Trinajstić information content (AvgIpc) is 2.57. The summed E-state index contributed by atoms with van der Waals surface area (Å²) in [4.78, 5) is 2.34. The second-order valence-corrected chi connectivity index (χ2v) is 4.76. The van der Waals surface area contributed by atoms with Gasteiger partial charge in [0.1, 0.15) is 5.54 Å². The zero-order valence-corrected chi connectivity index (χ0v) is 7.95. The van der Waals surface area contributed by atoms with Crippen molar-refractivity contribution in [1.29, 1.82) is 5.26 Å². The van der Waals surface area contributed by atoms with Crippen molar-refractivity contribution in [2.45, 2.75) is 36.9 Å². The minimum absolute atomic E-state index is 0.0758. The third-order valence-electron chi connectivity index (χ3n) is 4.15. The number of hydrogen-bond donors (Lipinski definition) is 1. The summed E-state index contributed by atoms with van der Waals surface area (Å²) in [7, 11) is 2.13. The molecule has 0 amide bonds. The first-order valence-electron chi connectivity index (χ1n) is 5.14. The number of nitrogens with zero attached hydrogens (tertiary/aromatic N) is 2. The number of likely N-dealkylation sites (N-methyl/N-ethyl adjacent to an activating group) is 1. The Morgan fingerprint density at radius 3 is 2.69 bits per heavy atom. The molecule has 3 nitrogen and oxygen atoms in total. The molecule has 0 aromatic heterocycles. The molecule has 4 rings (SSSR count). The highest BCUT2D eigenvalue weighted by Gasteiger charge is 2.57. The Morgan fingerprint density at radius 1 is 1.54 bits per heavy atom.